The molecule has 0 aliphatic carbocycles. The summed E-state index contributed by atoms with van der Waals surface area (Å²) in [5.74, 6) is 0.543. The van der Waals surface area contributed by atoms with Crippen molar-refractivity contribution in [1.82, 2.24) is 0 Å². The molecule has 4 nitrogen and oxygen atoms in total. The van der Waals surface area contributed by atoms with Crippen LogP contribution in [0.3, 0.4) is 0 Å². The predicted molar refractivity (Wildman–Crippen MR) is 97.1 cm³/mol. The first-order chi connectivity index (χ1) is 11.7. The molecule has 0 fully saturated rings. The summed E-state index contributed by atoms with van der Waals surface area (Å²) < 4.78 is 11.1. The van der Waals surface area contributed by atoms with Crippen LogP contribution >= 0.6 is 15.9 Å². The van der Waals surface area contributed by atoms with Crippen molar-refractivity contribution in [2.45, 2.75) is 0 Å². The molecule has 1 aliphatic heterocycles. The number of carbonyl (C=O) groups is 1. The third-order valence-electron chi connectivity index (χ3n) is 3.34. The molecule has 24 heavy (non-hydrogen) atoms. The summed E-state index contributed by atoms with van der Waals surface area (Å²) in [5, 5.41) is 0. The first kappa shape index (κ1) is 16.2. The summed E-state index contributed by atoms with van der Waals surface area (Å²) in [6.45, 7) is 0. The Labute approximate surface area is 148 Å². The molecule has 0 N–H and O–H groups in total. The van der Waals surface area contributed by atoms with E-state index in [2.05, 4.69) is 20.9 Å². The van der Waals surface area contributed by atoms with Gasteiger partial charge in [-0.1, -0.05) is 46.3 Å². The van der Waals surface area contributed by atoms with E-state index in [1.54, 1.807) is 37.5 Å². The predicted octanol–water partition coefficient (Wildman–Crippen LogP) is 4.32. The van der Waals surface area contributed by atoms with Gasteiger partial charge in [0.2, 0.25) is 5.90 Å². The largest absolute Gasteiger partial charge is 0.497 e. The van der Waals surface area contributed by atoms with Crippen molar-refractivity contribution in [3.05, 3.63) is 82.0 Å². The Morgan fingerprint density at radius 3 is 2.50 bits per heavy atom. The van der Waals surface area contributed by atoms with Crippen molar-refractivity contribution >= 4 is 33.9 Å². The molecule has 0 unspecified atom stereocenters. The van der Waals surface area contributed by atoms with Gasteiger partial charge in [0.25, 0.3) is 0 Å². The fourth-order valence-corrected chi connectivity index (χ4v) is 2.63. The van der Waals surface area contributed by atoms with Gasteiger partial charge in [0, 0.05) is 10.0 Å². The topological polar surface area (TPSA) is 47.9 Å². The molecule has 3 rings (SSSR count). The van der Waals surface area contributed by atoms with E-state index >= 15 is 0 Å². The lowest BCUT2D eigenvalue weighted by Crippen LogP contribution is -2.05. The van der Waals surface area contributed by atoms with Crippen molar-refractivity contribution in [3.63, 3.8) is 0 Å². The molecule has 0 spiro atoms. The highest BCUT2D eigenvalue weighted by Gasteiger charge is 2.24. The van der Waals surface area contributed by atoms with Crippen molar-refractivity contribution in [1.29, 1.82) is 0 Å². The van der Waals surface area contributed by atoms with Crippen molar-refractivity contribution in [2.24, 2.45) is 4.99 Å². The van der Waals surface area contributed by atoms with Crippen LogP contribution in [-0.2, 0) is 9.53 Å². The second-order valence-corrected chi connectivity index (χ2v) is 5.92. The molecule has 0 radical (unpaired) electrons. The van der Waals surface area contributed by atoms with Crippen molar-refractivity contribution in [3.8, 4) is 5.75 Å². The Balaban J connectivity index is 1.84. The molecule has 0 bridgehead atoms. The zero-order valence-corrected chi connectivity index (χ0v) is 14.5. The zero-order chi connectivity index (χ0) is 16.9. The number of cyclic esters (lactones) is 1. The van der Waals surface area contributed by atoms with Crippen LogP contribution in [0.1, 0.15) is 11.1 Å². The summed E-state index contributed by atoms with van der Waals surface area (Å²) in [6, 6.07) is 17.0. The Bertz CT molecular complexity index is 837. The maximum absolute atomic E-state index is 12.0. The molecule has 2 aromatic carbocycles. The second kappa shape index (κ2) is 7.27. The van der Waals surface area contributed by atoms with Gasteiger partial charge in [-0.15, -0.1) is 0 Å². The van der Waals surface area contributed by atoms with E-state index in [4.69, 9.17) is 9.47 Å². The number of nitrogens with zero attached hydrogens (tertiary/aromatic N) is 1. The standard InChI is InChI=1S/C19H14BrNO3/c1-23-16-9-7-14(8-10-16)18-21-17(19(22)24-18)12-15(20)11-13-5-3-2-4-6-13/h2-12H,1H3/b15-11-,17-12+. The first-order valence-corrected chi connectivity index (χ1v) is 8.04. The number of hydrogen-bond acceptors (Lipinski definition) is 4. The SMILES string of the molecule is COc1ccc(C2=N/C(=C/C(Br)=C/c3ccccc3)C(=O)O2)cc1. The van der Waals surface area contributed by atoms with Gasteiger partial charge in [-0.25, -0.2) is 9.79 Å². The van der Waals surface area contributed by atoms with Gasteiger partial charge in [0.15, 0.2) is 5.70 Å². The number of allylic oxidation sites excluding steroid dienone is 2. The Morgan fingerprint density at radius 1 is 1.12 bits per heavy atom. The van der Waals surface area contributed by atoms with Gasteiger partial charge >= 0.3 is 5.97 Å². The number of methoxy groups -OCH3 is 1. The molecule has 5 heteroatoms. The van der Waals surface area contributed by atoms with E-state index in [1.165, 1.54) is 0 Å². The van der Waals surface area contributed by atoms with Gasteiger partial charge in [-0.2, -0.15) is 0 Å². The van der Waals surface area contributed by atoms with Crippen LogP contribution in [0.5, 0.6) is 5.75 Å². The number of esters is 1. The minimum absolute atomic E-state index is 0.250. The van der Waals surface area contributed by atoms with Gasteiger partial charge in [-0.05, 0) is 42.0 Å². The summed E-state index contributed by atoms with van der Waals surface area (Å²) >= 11 is 3.44. The number of halogens is 1. The molecule has 0 aromatic heterocycles. The minimum Gasteiger partial charge on any atom is -0.497 e. The molecule has 0 atom stereocenters. The molecular weight excluding hydrogens is 370 g/mol. The number of rotatable bonds is 4. The average Bonchev–Trinajstić information content (AvgIpc) is 2.96. The maximum atomic E-state index is 12.0. The molecule has 0 saturated heterocycles. The van der Waals surface area contributed by atoms with E-state index in [0.29, 0.717) is 0 Å². The molecule has 120 valence electrons. The van der Waals surface area contributed by atoms with Crippen LogP contribution < -0.4 is 4.74 Å². The minimum atomic E-state index is -0.473. The average molecular weight is 384 g/mol. The van der Waals surface area contributed by atoms with Gasteiger partial charge in [0.1, 0.15) is 5.75 Å². The zero-order valence-electron chi connectivity index (χ0n) is 12.9. The lowest BCUT2D eigenvalue weighted by molar-refractivity contribution is -0.130. The van der Waals surface area contributed by atoms with Crippen LogP contribution in [0.2, 0.25) is 0 Å². The summed E-state index contributed by atoms with van der Waals surface area (Å²) in [7, 11) is 1.60. The number of hydrogen-bond donors (Lipinski definition) is 0. The molecule has 2 aromatic rings. The number of benzene rings is 2. The third-order valence-corrected chi connectivity index (χ3v) is 3.79. The summed E-state index contributed by atoms with van der Waals surface area (Å²) in [6.07, 6.45) is 3.55. The smallest absolute Gasteiger partial charge is 0.363 e. The fraction of sp³-hybridized carbons (Fsp3) is 0.0526. The van der Waals surface area contributed by atoms with Crippen LogP contribution in [0.4, 0.5) is 0 Å². The van der Waals surface area contributed by atoms with Gasteiger partial charge in [-0.3, -0.25) is 0 Å². The van der Waals surface area contributed by atoms with E-state index < -0.39 is 5.97 Å². The highest BCUT2D eigenvalue weighted by molar-refractivity contribution is 9.12. The first-order valence-electron chi connectivity index (χ1n) is 7.25. The number of carbonyl (C=O) groups excluding carboxylic acids is 1. The van der Waals surface area contributed by atoms with Gasteiger partial charge in [0.05, 0.1) is 7.11 Å². The summed E-state index contributed by atoms with van der Waals surface area (Å²) in [5.41, 5.74) is 1.99. The van der Waals surface area contributed by atoms with Gasteiger partial charge < -0.3 is 9.47 Å². The van der Waals surface area contributed by atoms with Crippen LogP contribution in [0.15, 0.2) is 75.8 Å². The van der Waals surface area contributed by atoms with E-state index in [0.717, 1.165) is 21.4 Å². The van der Waals surface area contributed by atoms with Crippen LogP contribution in [0.25, 0.3) is 6.08 Å². The highest BCUT2D eigenvalue weighted by Crippen LogP contribution is 2.22. The molecule has 1 aliphatic rings. The normalized spacial score (nSPS) is 16.1. The van der Waals surface area contributed by atoms with E-state index in [-0.39, 0.29) is 11.6 Å². The van der Waals surface area contributed by atoms with E-state index in [9.17, 15) is 4.79 Å². The lowest BCUT2D eigenvalue weighted by atomic mass is 10.2. The van der Waals surface area contributed by atoms with Crippen LogP contribution in [0, 0.1) is 0 Å². The molecular formula is C19H14BrNO3. The maximum Gasteiger partial charge on any atom is 0.363 e. The monoisotopic (exact) mass is 383 g/mol. The number of aliphatic imine (C=N–C) groups is 1. The van der Waals surface area contributed by atoms with Crippen molar-refractivity contribution < 1.29 is 14.3 Å². The second-order valence-electron chi connectivity index (χ2n) is 5.00. The molecule has 0 amide bonds. The number of ether oxygens (including phenoxy) is 2. The van der Waals surface area contributed by atoms with E-state index in [1.807, 2.05) is 36.4 Å². The Morgan fingerprint density at radius 2 is 1.83 bits per heavy atom. The highest BCUT2D eigenvalue weighted by atomic mass is 79.9. The quantitative estimate of drug-likeness (QED) is 0.583. The van der Waals surface area contributed by atoms with Crippen molar-refractivity contribution in [2.75, 3.05) is 7.11 Å². The molecule has 0 saturated carbocycles. The third kappa shape index (κ3) is 3.81. The lowest BCUT2D eigenvalue weighted by Gasteiger charge is -2.01. The molecule has 1 heterocycles. The van der Waals surface area contributed by atoms with Crippen LogP contribution in [-0.4, -0.2) is 19.0 Å². The Kier molecular flexibility index (Phi) is 4.91. The Hall–Kier alpha value is -2.66. The fourth-order valence-electron chi connectivity index (χ4n) is 2.15. The summed E-state index contributed by atoms with van der Waals surface area (Å²) in [4.78, 5) is 16.3.